The molecule has 2 nitrogen and oxygen atoms in total. The first kappa shape index (κ1) is 12.3. The number of carbonyl (C=O) groups excluding carboxylic acids is 1. The SMILES string of the molecule is C#Cc1ccc(C(C)(C)C(=O)OCC)cc1. The maximum atomic E-state index is 11.8. The minimum atomic E-state index is -0.636. The zero-order chi connectivity index (χ0) is 12.2. The van der Waals surface area contributed by atoms with Crippen LogP contribution in [0, 0.1) is 12.3 Å². The summed E-state index contributed by atoms with van der Waals surface area (Å²) in [6, 6.07) is 7.39. The lowest BCUT2D eigenvalue weighted by Gasteiger charge is -2.22. The molecular weight excluding hydrogens is 200 g/mol. The van der Waals surface area contributed by atoms with Crippen LogP contribution in [0.4, 0.5) is 0 Å². The van der Waals surface area contributed by atoms with Gasteiger partial charge in [-0.2, -0.15) is 0 Å². The molecule has 1 aromatic carbocycles. The van der Waals surface area contributed by atoms with Crippen molar-refractivity contribution in [3.8, 4) is 12.3 Å². The Morgan fingerprint density at radius 2 is 1.94 bits per heavy atom. The Hall–Kier alpha value is -1.75. The average Bonchev–Trinajstić information content (AvgIpc) is 2.29. The highest BCUT2D eigenvalue weighted by Gasteiger charge is 2.30. The number of rotatable bonds is 3. The van der Waals surface area contributed by atoms with E-state index < -0.39 is 5.41 Å². The minimum absolute atomic E-state index is 0.219. The lowest BCUT2D eigenvalue weighted by molar-refractivity contribution is -0.148. The molecule has 0 aliphatic heterocycles. The summed E-state index contributed by atoms with van der Waals surface area (Å²) in [5.74, 6) is 2.32. The predicted molar refractivity (Wildman–Crippen MR) is 64.0 cm³/mol. The Morgan fingerprint density at radius 3 is 2.38 bits per heavy atom. The van der Waals surface area contributed by atoms with Gasteiger partial charge in [0.05, 0.1) is 12.0 Å². The first-order valence-electron chi connectivity index (χ1n) is 5.26. The third-order valence-corrected chi connectivity index (χ3v) is 2.56. The topological polar surface area (TPSA) is 26.3 Å². The molecule has 0 N–H and O–H groups in total. The number of carbonyl (C=O) groups is 1. The molecule has 0 fully saturated rings. The Bertz CT molecular complexity index is 407. The molecule has 0 aromatic heterocycles. The smallest absolute Gasteiger partial charge is 0.315 e. The highest BCUT2D eigenvalue weighted by atomic mass is 16.5. The van der Waals surface area contributed by atoms with Crippen LogP contribution in [-0.4, -0.2) is 12.6 Å². The highest BCUT2D eigenvalue weighted by Crippen LogP contribution is 2.24. The quantitative estimate of drug-likeness (QED) is 0.573. The Balaban J connectivity index is 2.98. The van der Waals surface area contributed by atoms with E-state index >= 15 is 0 Å². The van der Waals surface area contributed by atoms with Crippen LogP contribution in [0.5, 0.6) is 0 Å². The van der Waals surface area contributed by atoms with E-state index in [0.717, 1.165) is 11.1 Å². The van der Waals surface area contributed by atoms with Crippen LogP contribution < -0.4 is 0 Å². The largest absolute Gasteiger partial charge is 0.465 e. The van der Waals surface area contributed by atoms with Gasteiger partial charge in [0.15, 0.2) is 0 Å². The number of ether oxygens (including phenoxy) is 1. The fourth-order valence-electron chi connectivity index (χ4n) is 1.41. The van der Waals surface area contributed by atoms with Gasteiger partial charge in [-0.25, -0.2) is 0 Å². The van der Waals surface area contributed by atoms with Gasteiger partial charge in [-0.15, -0.1) is 6.42 Å². The molecule has 2 heteroatoms. The highest BCUT2D eigenvalue weighted by molar-refractivity contribution is 5.82. The zero-order valence-electron chi connectivity index (χ0n) is 9.91. The second-order valence-corrected chi connectivity index (χ2v) is 4.07. The van der Waals surface area contributed by atoms with Gasteiger partial charge in [-0.1, -0.05) is 18.1 Å². The molecule has 0 atom stereocenters. The van der Waals surface area contributed by atoms with E-state index in [-0.39, 0.29) is 5.97 Å². The molecular formula is C14H16O2. The molecule has 0 saturated carbocycles. The summed E-state index contributed by atoms with van der Waals surface area (Å²) < 4.78 is 5.04. The van der Waals surface area contributed by atoms with E-state index in [9.17, 15) is 4.79 Å². The minimum Gasteiger partial charge on any atom is -0.465 e. The van der Waals surface area contributed by atoms with Crippen LogP contribution in [0.25, 0.3) is 0 Å². The molecule has 1 rings (SSSR count). The van der Waals surface area contributed by atoms with Gasteiger partial charge in [0, 0.05) is 5.56 Å². The van der Waals surface area contributed by atoms with Crippen LogP contribution in [0.2, 0.25) is 0 Å². The normalized spacial score (nSPS) is 10.6. The van der Waals surface area contributed by atoms with Gasteiger partial charge >= 0.3 is 5.97 Å². The summed E-state index contributed by atoms with van der Waals surface area (Å²) in [6.45, 7) is 5.88. The van der Waals surface area contributed by atoms with Crippen LogP contribution in [0.1, 0.15) is 31.9 Å². The zero-order valence-corrected chi connectivity index (χ0v) is 9.91. The average molecular weight is 216 g/mol. The monoisotopic (exact) mass is 216 g/mol. The Labute approximate surface area is 96.6 Å². The molecule has 84 valence electrons. The maximum absolute atomic E-state index is 11.8. The number of hydrogen-bond acceptors (Lipinski definition) is 2. The summed E-state index contributed by atoms with van der Waals surface area (Å²) in [5.41, 5.74) is 1.08. The van der Waals surface area contributed by atoms with Crippen molar-refractivity contribution in [2.75, 3.05) is 6.61 Å². The summed E-state index contributed by atoms with van der Waals surface area (Å²) >= 11 is 0. The third kappa shape index (κ3) is 2.43. The summed E-state index contributed by atoms with van der Waals surface area (Å²) in [7, 11) is 0. The van der Waals surface area contributed by atoms with Crippen LogP contribution >= 0.6 is 0 Å². The number of hydrogen-bond donors (Lipinski definition) is 0. The van der Waals surface area contributed by atoms with Crippen molar-refractivity contribution in [2.24, 2.45) is 0 Å². The molecule has 0 aliphatic carbocycles. The van der Waals surface area contributed by atoms with Crippen molar-refractivity contribution in [2.45, 2.75) is 26.2 Å². The molecule has 1 aromatic rings. The number of benzene rings is 1. The van der Waals surface area contributed by atoms with Crippen molar-refractivity contribution < 1.29 is 9.53 Å². The van der Waals surface area contributed by atoms with Gasteiger partial charge in [-0.3, -0.25) is 4.79 Å². The maximum Gasteiger partial charge on any atom is 0.315 e. The Kier molecular flexibility index (Phi) is 3.73. The molecule has 0 amide bonds. The van der Waals surface area contributed by atoms with Gasteiger partial charge in [0.2, 0.25) is 0 Å². The lowest BCUT2D eigenvalue weighted by atomic mass is 9.84. The van der Waals surface area contributed by atoms with E-state index in [1.807, 2.05) is 38.1 Å². The van der Waals surface area contributed by atoms with Crippen LogP contribution in [0.3, 0.4) is 0 Å². The molecule has 0 heterocycles. The molecule has 0 aliphatic rings. The van der Waals surface area contributed by atoms with Crippen molar-refractivity contribution >= 4 is 5.97 Å². The van der Waals surface area contributed by atoms with Crippen molar-refractivity contribution in [1.82, 2.24) is 0 Å². The fraction of sp³-hybridized carbons (Fsp3) is 0.357. The molecule has 0 radical (unpaired) electrons. The fourth-order valence-corrected chi connectivity index (χ4v) is 1.41. The summed E-state index contributed by atoms with van der Waals surface area (Å²) in [5, 5.41) is 0. The van der Waals surface area contributed by atoms with Crippen LogP contribution in [0.15, 0.2) is 24.3 Å². The third-order valence-electron chi connectivity index (χ3n) is 2.56. The van der Waals surface area contributed by atoms with Crippen molar-refractivity contribution in [1.29, 1.82) is 0 Å². The second kappa shape index (κ2) is 4.85. The summed E-state index contributed by atoms with van der Waals surface area (Å²) in [4.78, 5) is 11.8. The summed E-state index contributed by atoms with van der Waals surface area (Å²) in [6.07, 6.45) is 5.27. The molecule has 0 spiro atoms. The molecule has 0 saturated heterocycles. The molecule has 16 heavy (non-hydrogen) atoms. The Morgan fingerprint density at radius 1 is 1.38 bits per heavy atom. The van der Waals surface area contributed by atoms with E-state index in [4.69, 9.17) is 11.2 Å². The van der Waals surface area contributed by atoms with Gasteiger partial charge in [-0.05, 0) is 38.5 Å². The standard InChI is InChI=1S/C14H16O2/c1-5-11-7-9-12(10-8-11)14(3,4)13(15)16-6-2/h1,7-10H,6H2,2-4H3. The van der Waals surface area contributed by atoms with Gasteiger partial charge < -0.3 is 4.74 Å². The van der Waals surface area contributed by atoms with Gasteiger partial charge in [0.1, 0.15) is 0 Å². The van der Waals surface area contributed by atoms with Crippen molar-refractivity contribution in [3.05, 3.63) is 35.4 Å². The number of esters is 1. The molecule has 0 bridgehead atoms. The molecule has 0 unspecified atom stereocenters. The van der Waals surface area contributed by atoms with E-state index in [1.165, 1.54) is 0 Å². The van der Waals surface area contributed by atoms with Gasteiger partial charge in [0.25, 0.3) is 0 Å². The van der Waals surface area contributed by atoms with E-state index in [0.29, 0.717) is 6.61 Å². The van der Waals surface area contributed by atoms with E-state index in [2.05, 4.69) is 5.92 Å². The van der Waals surface area contributed by atoms with E-state index in [1.54, 1.807) is 6.92 Å². The van der Waals surface area contributed by atoms with Crippen molar-refractivity contribution in [3.63, 3.8) is 0 Å². The first-order valence-corrected chi connectivity index (χ1v) is 5.26. The predicted octanol–water partition coefficient (Wildman–Crippen LogP) is 2.51. The second-order valence-electron chi connectivity index (χ2n) is 4.07. The first-order chi connectivity index (χ1) is 7.52. The number of terminal acetylenes is 1. The van der Waals surface area contributed by atoms with Crippen LogP contribution in [-0.2, 0) is 14.9 Å². The lowest BCUT2D eigenvalue weighted by Crippen LogP contribution is -2.31.